The largest absolute Gasteiger partial charge is 0.462 e. The molecule has 0 aliphatic carbocycles. The van der Waals surface area contributed by atoms with Crippen molar-refractivity contribution in [1.82, 2.24) is 10.1 Å². The van der Waals surface area contributed by atoms with Crippen molar-refractivity contribution >= 4 is 17.3 Å². The van der Waals surface area contributed by atoms with Gasteiger partial charge < -0.3 is 20.3 Å². The number of nitrogens with two attached hydrogens (primary N) is 1. The van der Waals surface area contributed by atoms with E-state index in [2.05, 4.69) is 15.5 Å². The molecule has 0 aliphatic rings. The van der Waals surface area contributed by atoms with Crippen LogP contribution in [-0.2, 0) is 11.3 Å². The lowest BCUT2D eigenvalue weighted by Gasteiger charge is -2.10. The van der Waals surface area contributed by atoms with Crippen LogP contribution >= 0.6 is 0 Å². The van der Waals surface area contributed by atoms with Gasteiger partial charge in [0.1, 0.15) is 0 Å². The smallest absolute Gasteiger partial charge is 0.340 e. The highest BCUT2D eigenvalue weighted by Crippen LogP contribution is 2.20. The minimum Gasteiger partial charge on any atom is -0.462 e. The summed E-state index contributed by atoms with van der Waals surface area (Å²) in [6.45, 7) is 4.11. The zero-order chi connectivity index (χ0) is 14.5. The summed E-state index contributed by atoms with van der Waals surface area (Å²) in [7, 11) is 0. The molecule has 0 fully saturated rings. The van der Waals surface area contributed by atoms with E-state index >= 15 is 0 Å². The van der Waals surface area contributed by atoms with Crippen LogP contribution in [0.1, 0.15) is 29.0 Å². The van der Waals surface area contributed by atoms with E-state index in [4.69, 9.17) is 15.0 Å². The number of anilines is 2. The van der Waals surface area contributed by atoms with Gasteiger partial charge in [-0.15, -0.1) is 0 Å². The highest BCUT2D eigenvalue weighted by molar-refractivity contribution is 5.96. The highest BCUT2D eigenvalue weighted by atomic mass is 16.5. The summed E-state index contributed by atoms with van der Waals surface area (Å²) in [6, 6.07) is 4.99. The van der Waals surface area contributed by atoms with E-state index < -0.39 is 5.97 Å². The van der Waals surface area contributed by atoms with E-state index in [0.29, 0.717) is 41.8 Å². The standard InChI is InChI=1S/C13H16N4O3/c1-3-19-13(18)10-6-9(14)4-5-11(10)15-7-12-16-8(2)20-17-12/h4-6,15H,3,7,14H2,1-2H3. The minimum atomic E-state index is -0.424. The number of nitrogens with zero attached hydrogens (tertiary/aromatic N) is 2. The Bertz CT molecular complexity index is 609. The van der Waals surface area contributed by atoms with Crippen LogP contribution in [-0.4, -0.2) is 22.7 Å². The van der Waals surface area contributed by atoms with Gasteiger partial charge in [0.05, 0.1) is 18.7 Å². The third-order valence-electron chi connectivity index (χ3n) is 2.55. The summed E-state index contributed by atoms with van der Waals surface area (Å²) in [6.07, 6.45) is 0. The minimum absolute atomic E-state index is 0.303. The lowest BCUT2D eigenvalue weighted by Crippen LogP contribution is -2.11. The highest BCUT2D eigenvalue weighted by Gasteiger charge is 2.13. The predicted octanol–water partition coefficient (Wildman–Crippen LogP) is 1.75. The number of aryl methyl sites for hydroxylation is 1. The number of rotatable bonds is 5. The van der Waals surface area contributed by atoms with Gasteiger partial charge in [-0.1, -0.05) is 5.16 Å². The molecule has 0 aliphatic heterocycles. The van der Waals surface area contributed by atoms with E-state index in [1.165, 1.54) is 0 Å². The van der Waals surface area contributed by atoms with Crippen LogP contribution in [0.4, 0.5) is 11.4 Å². The van der Waals surface area contributed by atoms with Gasteiger partial charge in [-0.05, 0) is 25.1 Å². The van der Waals surface area contributed by atoms with Gasteiger partial charge in [0.25, 0.3) is 0 Å². The molecule has 0 atom stereocenters. The first-order valence-electron chi connectivity index (χ1n) is 6.20. The molecule has 1 heterocycles. The number of hydrogen-bond donors (Lipinski definition) is 2. The fourth-order valence-corrected chi connectivity index (χ4v) is 1.68. The normalized spacial score (nSPS) is 10.3. The molecule has 3 N–H and O–H groups in total. The van der Waals surface area contributed by atoms with Crippen LogP contribution in [0, 0.1) is 6.92 Å². The summed E-state index contributed by atoms with van der Waals surface area (Å²) in [5.74, 6) is 0.574. The van der Waals surface area contributed by atoms with Crippen molar-refractivity contribution in [2.45, 2.75) is 20.4 Å². The number of nitrogens with one attached hydrogen (secondary N) is 1. The zero-order valence-corrected chi connectivity index (χ0v) is 11.3. The maximum absolute atomic E-state index is 11.9. The van der Waals surface area contributed by atoms with Crippen molar-refractivity contribution in [2.75, 3.05) is 17.7 Å². The zero-order valence-electron chi connectivity index (χ0n) is 11.3. The van der Waals surface area contributed by atoms with Crippen molar-refractivity contribution in [1.29, 1.82) is 0 Å². The third-order valence-corrected chi connectivity index (χ3v) is 2.55. The van der Waals surface area contributed by atoms with Crippen molar-refractivity contribution < 1.29 is 14.1 Å². The third kappa shape index (κ3) is 3.25. The lowest BCUT2D eigenvalue weighted by molar-refractivity contribution is 0.0527. The number of carbonyl (C=O) groups excluding carboxylic acids is 1. The summed E-state index contributed by atoms with van der Waals surface area (Å²) in [5, 5.41) is 6.84. The van der Waals surface area contributed by atoms with Crippen LogP contribution in [0.3, 0.4) is 0 Å². The fraction of sp³-hybridized carbons (Fsp3) is 0.308. The van der Waals surface area contributed by atoms with Gasteiger partial charge in [0.15, 0.2) is 5.82 Å². The van der Waals surface area contributed by atoms with Crippen LogP contribution < -0.4 is 11.1 Å². The second-order valence-electron chi connectivity index (χ2n) is 4.11. The van der Waals surface area contributed by atoms with Crippen LogP contribution in [0.2, 0.25) is 0 Å². The molecule has 7 heteroatoms. The summed E-state index contributed by atoms with van der Waals surface area (Å²) in [5.41, 5.74) is 7.18. The molecular weight excluding hydrogens is 260 g/mol. The Labute approximate surface area is 116 Å². The predicted molar refractivity (Wildman–Crippen MR) is 73.2 cm³/mol. The van der Waals surface area contributed by atoms with E-state index in [1.54, 1.807) is 32.0 Å². The molecule has 0 saturated carbocycles. The van der Waals surface area contributed by atoms with Gasteiger partial charge in [-0.2, -0.15) is 4.98 Å². The molecular formula is C13H16N4O3. The van der Waals surface area contributed by atoms with Gasteiger partial charge >= 0.3 is 5.97 Å². The molecule has 0 bridgehead atoms. The average molecular weight is 276 g/mol. The van der Waals surface area contributed by atoms with Crippen molar-refractivity contribution in [3.63, 3.8) is 0 Å². The molecule has 0 radical (unpaired) electrons. The molecule has 106 valence electrons. The molecule has 2 aromatic rings. The first-order chi connectivity index (χ1) is 9.60. The number of aromatic nitrogens is 2. The first kappa shape index (κ1) is 13.9. The number of ether oxygens (including phenoxy) is 1. The molecule has 20 heavy (non-hydrogen) atoms. The van der Waals surface area contributed by atoms with Gasteiger partial charge in [0, 0.05) is 18.3 Å². The Morgan fingerprint density at radius 2 is 2.30 bits per heavy atom. The number of carbonyl (C=O) groups is 1. The fourth-order valence-electron chi connectivity index (χ4n) is 1.68. The second-order valence-corrected chi connectivity index (χ2v) is 4.11. The molecule has 2 rings (SSSR count). The van der Waals surface area contributed by atoms with Gasteiger partial charge in [-0.25, -0.2) is 4.79 Å². The van der Waals surface area contributed by atoms with Crippen LogP contribution in [0.5, 0.6) is 0 Å². The van der Waals surface area contributed by atoms with E-state index in [0.717, 1.165) is 0 Å². The van der Waals surface area contributed by atoms with Crippen molar-refractivity contribution in [2.24, 2.45) is 0 Å². The summed E-state index contributed by atoms with van der Waals surface area (Å²) < 4.78 is 9.87. The Kier molecular flexibility index (Phi) is 4.19. The molecule has 0 spiro atoms. The monoisotopic (exact) mass is 276 g/mol. The summed E-state index contributed by atoms with van der Waals surface area (Å²) in [4.78, 5) is 15.9. The van der Waals surface area contributed by atoms with E-state index in [1.807, 2.05) is 0 Å². The maximum atomic E-state index is 11.9. The molecule has 0 amide bonds. The molecule has 0 saturated heterocycles. The molecule has 0 unspecified atom stereocenters. The van der Waals surface area contributed by atoms with E-state index in [9.17, 15) is 4.79 Å². The quantitative estimate of drug-likeness (QED) is 0.633. The Hall–Kier alpha value is -2.57. The van der Waals surface area contributed by atoms with Gasteiger partial charge in [0.2, 0.25) is 5.89 Å². The Balaban J connectivity index is 2.16. The first-order valence-corrected chi connectivity index (χ1v) is 6.20. The van der Waals surface area contributed by atoms with Crippen molar-refractivity contribution in [3.8, 4) is 0 Å². The maximum Gasteiger partial charge on any atom is 0.340 e. The molecule has 1 aromatic heterocycles. The molecule has 7 nitrogen and oxygen atoms in total. The Morgan fingerprint density at radius 1 is 1.50 bits per heavy atom. The number of benzene rings is 1. The number of hydrogen-bond acceptors (Lipinski definition) is 7. The topological polar surface area (TPSA) is 103 Å². The van der Waals surface area contributed by atoms with Crippen LogP contribution in [0.25, 0.3) is 0 Å². The van der Waals surface area contributed by atoms with Crippen LogP contribution in [0.15, 0.2) is 22.7 Å². The number of esters is 1. The van der Waals surface area contributed by atoms with Crippen molar-refractivity contribution in [3.05, 3.63) is 35.5 Å². The second kappa shape index (κ2) is 6.05. The average Bonchev–Trinajstić information content (AvgIpc) is 2.83. The SMILES string of the molecule is CCOC(=O)c1cc(N)ccc1NCc1noc(C)n1. The lowest BCUT2D eigenvalue weighted by atomic mass is 10.1. The summed E-state index contributed by atoms with van der Waals surface area (Å²) >= 11 is 0. The molecule has 1 aromatic carbocycles. The number of nitrogen functional groups attached to an aromatic ring is 1. The van der Waals surface area contributed by atoms with E-state index in [-0.39, 0.29) is 0 Å². The Morgan fingerprint density at radius 3 is 2.95 bits per heavy atom. The van der Waals surface area contributed by atoms with Gasteiger partial charge in [-0.3, -0.25) is 0 Å².